The van der Waals surface area contributed by atoms with Crippen molar-refractivity contribution in [3.63, 3.8) is 0 Å². The third-order valence-corrected chi connectivity index (χ3v) is 8.47. The minimum atomic E-state index is -3.78. The first-order valence-corrected chi connectivity index (χ1v) is 13.5. The number of piperazine rings is 1. The average molecular weight is 544 g/mol. The van der Waals surface area contributed by atoms with Crippen LogP contribution in [0.15, 0.2) is 71.6 Å². The summed E-state index contributed by atoms with van der Waals surface area (Å²) >= 11 is 5.80. The highest BCUT2D eigenvalue weighted by Crippen LogP contribution is 2.27. The van der Waals surface area contributed by atoms with Crippen LogP contribution in [0.3, 0.4) is 0 Å². The van der Waals surface area contributed by atoms with E-state index in [1.165, 1.54) is 10.4 Å². The molecule has 0 spiro atoms. The molecule has 7 nitrogen and oxygen atoms in total. The summed E-state index contributed by atoms with van der Waals surface area (Å²) < 4.78 is 52.7. The maximum absolute atomic E-state index is 13.5. The Bertz CT molecular complexity index is 1370. The van der Waals surface area contributed by atoms with Gasteiger partial charge in [0.1, 0.15) is 11.6 Å². The highest BCUT2D eigenvalue weighted by atomic mass is 35.5. The number of nitrogens with zero attached hydrogens (tertiary/aromatic N) is 3. The highest BCUT2D eigenvalue weighted by molar-refractivity contribution is 7.89. The molecule has 10 heteroatoms. The predicted octanol–water partition coefficient (Wildman–Crippen LogP) is 4.62. The normalized spacial score (nSPS) is 15.7. The second kappa shape index (κ2) is 12.0. The Morgan fingerprint density at radius 2 is 1.78 bits per heavy atom. The molecule has 0 amide bonds. The van der Waals surface area contributed by atoms with Gasteiger partial charge in [-0.3, -0.25) is 4.90 Å². The average Bonchev–Trinajstić information content (AvgIpc) is 2.93. The summed E-state index contributed by atoms with van der Waals surface area (Å²) in [6, 6.07) is 20.5. The third kappa shape index (κ3) is 6.66. The largest absolute Gasteiger partial charge is 0.497 e. The summed E-state index contributed by atoms with van der Waals surface area (Å²) in [5.74, 6) is 0.0633. The van der Waals surface area contributed by atoms with Crippen LogP contribution in [0.4, 0.5) is 4.39 Å². The molecular formula is C27H27ClFN3O4S. The van der Waals surface area contributed by atoms with Gasteiger partial charge in [0, 0.05) is 32.7 Å². The van der Waals surface area contributed by atoms with Gasteiger partial charge in [-0.05, 0) is 53.6 Å². The molecule has 3 aromatic carbocycles. The third-order valence-electron chi connectivity index (χ3n) is 6.28. The summed E-state index contributed by atoms with van der Waals surface area (Å²) in [5.41, 5.74) is 2.48. The quantitative estimate of drug-likeness (QED) is 0.391. The summed E-state index contributed by atoms with van der Waals surface area (Å²) in [5, 5.41) is 8.80. The van der Waals surface area contributed by atoms with Crippen LogP contribution in [0.25, 0.3) is 0 Å². The van der Waals surface area contributed by atoms with E-state index in [2.05, 4.69) is 11.0 Å². The summed E-state index contributed by atoms with van der Waals surface area (Å²) in [6.45, 7) is 2.51. The lowest BCUT2D eigenvalue weighted by Crippen LogP contribution is -2.49. The van der Waals surface area contributed by atoms with Crippen LogP contribution >= 0.6 is 11.6 Å². The molecule has 0 N–H and O–H groups in total. The topological polar surface area (TPSA) is 82.9 Å². The number of sulfonamides is 1. The van der Waals surface area contributed by atoms with Crippen LogP contribution < -0.4 is 4.74 Å². The van der Waals surface area contributed by atoms with Crippen molar-refractivity contribution >= 4 is 21.6 Å². The van der Waals surface area contributed by atoms with Crippen LogP contribution in [0, 0.1) is 17.1 Å². The van der Waals surface area contributed by atoms with E-state index in [4.69, 9.17) is 26.3 Å². The zero-order chi connectivity index (χ0) is 26.4. The number of rotatable bonds is 9. The van der Waals surface area contributed by atoms with Gasteiger partial charge in [-0.25, -0.2) is 12.8 Å². The lowest BCUT2D eigenvalue weighted by molar-refractivity contribution is 0.00763. The zero-order valence-electron chi connectivity index (χ0n) is 20.3. The van der Waals surface area contributed by atoms with Crippen LogP contribution in [0.1, 0.15) is 22.8 Å². The molecule has 0 bridgehead atoms. The number of hydrogen-bond donors (Lipinski definition) is 0. The Morgan fingerprint density at radius 1 is 1.05 bits per heavy atom. The number of benzene rings is 3. The molecule has 194 valence electrons. The van der Waals surface area contributed by atoms with Gasteiger partial charge < -0.3 is 9.47 Å². The monoisotopic (exact) mass is 543 g/mol. The molecule has 1 aliphatic rings. The fraction of sp³-hybridized carbons (Fsp3) is 0.296. The second-order valence-electron chi connectivity index (χ2n) is 8.67. The van der Waals surface area contributed by atoms with Crippen molar-refractivity contribution < 1.29 is 22.3 Å². The van der Waals surface area contributed by atoms with Gasteiger partial charge in [0.25, 0.3) is 0 Å². The molecule has 4 rings (SSSR count). The number of ether oxygens (including phenoxy) is 2. The van der Waals surface area contributed by atoms with Crippen molar-refractivity contribution in [2.24, 2.45) is 0 Å². The van der Waals surface area contributed by atoms with Crippen molar-refractivity contribution in [2.45, 2.75) is 17.6 Å². The van der Waals surface area contributed by atoms with Crippen molar-refractivity contribution in [3.05, 3.63) is 94.3 Å². The summed E-state index contributed by atoms with van der Waals surface area (Å²) in [4.78, 5) is 2.14. The van der Waals surface area contributed by atoms with Gasteiger partial charge in [-0.2, -0.15) is 9.57 Å². The SMILES string of the molecule is COc1cccc(C(CN2CCN(S(=O)(=O)c3ccc(F)c(Cl)c3)CC2)OCc2ccc(C#N)cc2)c1. The van der Waals surface area contributed by atoms with E-state index in [9.17, 15) is 12.8 Å². The molecule has 1 fully saturated rings. The molecule has 1 atom stereocenters. The summed E-state index contributed by atoms with van der Waals surface area (Å²) in [7, 11) is -2.17. The van der Waals surface area contributed by atoms with Gasteiger partial charge in [-0.15, -0.1) is 0 Å². The molecule has 1 aliphatic heterocycles. The van der Waals surface area contributed by atoms with Gasteiger partial charge in [0.2, 0.25) is 10.0 Å². The zero-order valence-corrected chi connectivity index (χ0v) is 21.9. The van der Waals surface area contributed by atoms with E-state index in [1.807, 2.05) is 36.4 Å². The molecule has 1 heterocycles. The fourth-order valence-electron chi connectivity index (χ4n) is 4.14. The van der Waals surface area contributed by atoms with Gasteiger partial charge >= 0.3 is 0 Å². The van der Waals surface area contributed by atoms with Crippen LogP contribution in [-0.2, 0) is 21.4 Å². The molecule has 1 unspecified atom stereocenters. The summed E-state index contributed by atoms with van der Waals surface area (Å²) in [6.07, 6.45) is -0.287. The Labute approximate surface area is 221 Å². The molecule has 37 heavy (non-hydrogen) atoms. The van der Waals surface area contributed by atoms with Gasteiger partial charge in [0.15, 0.2) is 0 Å². The fourth-order valence-corrected chi connectivity index (χ4v) is 5.84. The Morgan fingerprint density at radius 3 is 2.43 bits per heavy atom. The highest BCUT2D eigenvalue weighted by Gasteiger charge is 2.30. The maximum atomic E-state index is 13.5. The van der Waals surface area contributed by atoms with E-state index in [0.717, 1.165) is 29.0 Å². The second-order valence-corrected chi connectivity index (χ2v) is 11.0. The van der Waals surface area contributed by atoms with Crippen molar-refractivity contribution in [2.75, 3.05) is 39.8 Å². The van der Waals surface area contributed by atoms with E-state index >= 15 is 0 Å². The van der Waals surface area contributed by atoms with E-state index in [1.54, 1.807) is 19.2 Å². The minimum absolute atomic E-state index is 0.0210. The van der Waals surface area contributed by atoms with Crippen LogP contribution in [0.5, 0.6) is 5.75 Å². The van der Waals surface area contributed by atoms with Crippen molar-refractivity contribution in [1.29, 1.82) is 5.26 Å². The number of hydrogen-bond acceptors (Lipinski definition) is 6. The predicted molar refractivity (Wildman–Crippen MR) is 138 cm³/mol. The Balaban J connectivity index is 1.44. The standard InChI is InChI=1S/C27H27ClFN3O4S/c1-35-23-4-2-3-22(15-23)27(36-19-21-7-5-20(17-30)6-8-21)18-31-11-13-32(14-12-31)37(33,34)24-9-10-26(29)25(28)16-24/h2-10,15-16,27H,11-14,18-19H2,1H3. The first kappa shape index (κ1) is 27.0. The Kier molecular flexibility index (Phi) is 8.79. The number of methoxy groups -OCH3 is 1. The molecule has 0 radical (unpaired) electrons. The molecule has 1 saturated heterocycles. The Hall–Kier alpha value is -3.00. The lowest BCUT2D eigenvalue weighted by atomic mass is 10.1. The molecular weight excluding hydrogens is 517 g/mol. The van der Waals surface area contributed by atoms with Crippen molar-refractivity contribution in [3.8, 4) is 11.8 Å². The first-order valence-electron chi connectivity index (χ1n) is 11.7. The van der Waals surface area contributed by atoms with Gasteiger partial charge in [-0.1, -0.05) is 35.9 Å². The van der Waals surface area contributed by atoms with Crippen LogP contribution in [0.2, 0.25) is 5.02 Å². The van der Waals surface area contributed by atoms with E-state index in [0.29, 0.717) is 31.8 Å². The first-order chi connectivity index (χ1) is 17.8. The van der Waals surface area contributed by atoms with E-state index in [-0.39, 0.29) is 29.1 Å². The molecule has 3 aromatic rings. The molecule has 0 saturated carbocycles. The molecule has 0 aliphatic carbocycles. The number of nitriles is 1. The smallest absolute Gasteiger partial charge is 0.243 e. The molecule has 0 aromatic heterocycles. The van der Waals surface area contributed by atoms with E-state index < -0.39 is 15.8 Å². The maximum Gasteiger partial charge on any atom is 0.243 e. The van der Waals surface area contributed by atoms with Gasteiger partial charge in [0.05, 0.1) is 41.4 Å². The lowest BCUT2D eigenvalue weighted by Gasteiger charge is -2.36. The number of halogens is 2. The van der Waals surface area contributed by atoms with Crippen molar-refractivity contribution in [1.82, 2.24) is 9.21 Å². The minimum Gasteiger partial charge on any atom is -0.497 e. The van der Waals surface area contributed by atoms with Crippen LogP contribution in [-0.4, -0.2) is 57.5 Å².